The first-order valence-electron chi connectivity index (χ1n) is 5.78. The normalized spacial score (nSPS) is 10.2. The molecule has 2 amide bonds. The Hall–Kier alpha value is -1.51. The predicted octanol–water partition coefficient (Wildman–Crippen LogP) is 3.17. The first-order chi connectivity index (χ1) is 7.61. The van der Waals surface area contributed by atoms with E-state index in [-0.39, 0.29) is 12.1 Å². The number of carbonyl (C=O) groups is 1. The molecule has 0 spiro atoms. The van der Waals surface area contributed by atoms with E-state index in [4.69, 9.17) is 0 Å². The van der Waals surface area contributed by atoms with E-state index in [1.165, 1.54) is 5.56 Å². The highest BCUT2D eigenvalue weighted by atomic mass is 16.2. The Morgan fingerprint density at radius 3 is 2.38 bits per heavy atom. The van der Waals surface area contributed by atoms with Gasteiger partial charge in [0.25, 0.3) is 0 Å². The molecule has 88 valence electrons. The molecule has 0 aliphatic heterocycles. The highest BCUT2D eigenvalue weighted by Crippen LogP contribution is 2.10. The van der Waals surface area contributed by atoms with E-state index in [9.17, 15) is 4.79 Å². The summed E-state index contributed by atoms with van der Waals surface area (Å²) in [6.07, 6.45) is 2.22. The van der Waals surface area contributed by atoms with Crippen LogP contribution >= 0.6 is 0 Å². The second-order valence-corrected chi connectivity index (χ2v) is 4.20. The molecule has 0 atom stereocenters. The van der Waals surface area contributed by atoms with Gasteiger partial charge < -0.3 is 10.6 Å². The Kier molecular flexibility index (Phi) is 4.83. The van der Waals surface area contributed by atoms with Crippen molar-refractivity contribution in [1.29, 1.82) is 0 Å². The molecule has 0 aliphatic rings. The Labute approximate surface area is 97.2 Å². The topological polar surface area (TPSA) is 41.1 Å². The fraction of sp³-hybridized carbons (Fsp3) is 0.462. The summed E-state index contributed by atoms with van der Waals surface area (Å²) < 4.78 is 0. The number of anilines is 1. The van der Waals surface area contributed by atoms with Crippen LogP contribution in [0.4, 0.5) is 10.5 Å². The van der Waals surface area contributed by atoms with Gasteiger partial charge >= 0.3 is 6.03 Å². The minimum atomic E-state index is -0.154. The third-order valence-electron chi connectivity index (χ3n) is 2.17. The van der Waals surface area contributed by atoms with Crippen molar-refractivity contribution in [3.8, 4) is 0 Å². The lowest BCUT2D eigenvalue weighted by atomic mass is 10.1. The van der Waals surface area contributed by atoms with Crippen LogP contribution in [0.15, 0.2) is 24.3 Å². The van der Waals surface area contributed by atoms with Gasteiger partial charge in [0.05, 0.1) is 0 Å². The number of amides is 2. The van der Waals surface area contributed by atoms with Crippen molar-refractivity contribution < 1.29 is 4.79 Å². The lowest BCUT2D eigenvalue weighted by Gasteiger charge is -2.10. The Morgan fingerprint density at radius 1 is 1.25 bits per heavy atom. The standard InChI is InChI=1S/C13H20N2O/c1-4-5-11-6-8-12(9-7-11)15-13(16)14-10(2)3/h6-10H,4-5H2,1-3H3,(H2,14,15,16). The molecule has 1 rings (SSSR count). The average Bonchev–Trinajstić information content (AvgIpc) is 2.20. The van der Waals surface area contributed by atoms with Gasteiger partial charge in [0, 0.05) is 11.7 Å². The van der Waals surface area contributed by atoms with E-state index < -0.39 is 0 Å². The first-order valence-corrected chi connectivity index (χ1v) is 5.78. The van der Waals surface area contributed by atoms with Crippen molar-refractivity contribution >= 4 is 11.7 Å². The maximum absolute atomic E-state index is 11.4. The monoisotopic (exact) mass is 220 g/mol. The van der Waals surface area contributed by atoms with Crippen molar-refractivity contribution in [1.82, 2.24) is 5.32 Å². The van der Waals surface area contributed by atoms with Gasteiger partial charge in [-0.3, -0.25) is 0 Å². The van der Waals surface area contributed by atoms with Crippen molar-refractivity contribution in [2.24, 2.45) is 0 Å². The van der Waals surface area contributed by atoms with Crippen LogP contribution in [-0.4, -0.2) is 12.1 Å². The lowest BCUT2D eigenvalue weighted by molar-refractivity contribution is 0.250. The van der Waals surface area contributed by atoms with E-state index >= 15 is 0 Å². The smallest absolute Gasteiger partial charge is 0.319 e. The van der Waals surface area contributed by atoms with E-state index in [2.05, 4.69) is 29.7 Å². The summed E-state index contributed by atoms with van der Waals surface area (Å²) >= 11 is 0. The average molecular weight is 220 g/mol. The molecule has 0 unspecified atom stereocenters. The van der Waals surface area contributed by atoms with Gasteiger partial charge in [-0.25, -0.2) is 4.79 Å². The van der Waals surface area contributed by atoms with Gasteiger partial charge in [0.2, 0.25) is 0 Å². The van der Waals surface area contributed by atoms with Crippen LogP contribution in [0.25, 0.3) is 0 Å². The molecule has 3 heteroatoms. The third-order valence-corrected chi connectivity index (χ3v) is 2.17. The molecule has 1 aromatic rings. The van der Waals surface area contributed by atoms with Crippen LogP contribution in [0.3, 0.4) is 0 Å². The molecule has 0 aromatic heterocycles. The fourth-order valence-electron chi connectivity index (χ4n) is 1.47. The van der Waals surface area contributed by atoms with Gasteiger partial charge in [-0.2, -0.15) is 0 Å². The molecular formula is C13H20N2O. The Bertz CT molecular complexity index is 330. The zero-order chi connectivity index (χ0) is 12.0. The predicted molar refractivity (Wildman–Crippen MR) is 67.7 cm³/mol. The number of rotatable bonds is 4. The van der Waals surface area contributed by atoms with E-state index in [0.29, 0.717) is 0 Å². The number of aryl methyl sites for hydroxylation is 1. The summed E-state index contributed by atoms with van der Waals surface area (Å²) in [5.74, 6) is 0. The summed E-state index contributed by atoms with van der Waals surface area (Å²) in [4.78, 5) is 11.4. The summed E-state index contributed by atoms with van der Waals surface area (Å²) in [6, 6.07) is 7.97. The molecule has 3 nitrogen and oxygen atoms in total. The molecular weight excluding hydrogens is 200 g/mol. The molecule has 0 heterocycles. The molecule has 0 saturated heterocycles. The Morgan fingerprint density at radius 2 is 1.88 bits per heavy atom. The largest absolute Gasteiger partial charge is 0.336 e. The molecule has 0 fully saturated rings. The van der Waals surface area contributed by atoms with Crippen LogP contribution in [0, 0.1) is 0 Å². The summed E-state index contributed by atoms with van der Waals surface area (Å²) in [5, 5.41) is 5.57. The first kappa shape index (κ1) is 12.6. The van der Waals surface area contributed by atoms with Crippen molar-refractivity contribution in [3.05, 3.63) is 29.8 Å². The maximum atomic E-state index is 11.4. The second-order valence-electron chi connectivity index (χ2n) is 4.20. The highest BCUT2D eigenvalue weighted by Gasteiger charge is 2.02. The summed E-state index contributed by atoms with van der Waals surface area (Å²) in [6.45, 7) is 6.02. The molecule has 0 bridgehead atoms. The van der Waals surface area contributed by atoms with Crippen LogP contribution < -0.4 is 10.6 Å². The number of nitrogens with one attached hydrogen (secondary N) is 2. The van der Waals surface area contributed by atoms with Crippen molar-refractivity contribution in [2.75, 3.05) is 5.32 Å². The van der Waals surface area contributed by atoms with Gasteiger partial charge in [-0.05, 0) is 38.0 Å². The lowest BCUT2D eigenvalue weighted by Crippen LogP contribution is -2.34. The van der Waals surface area contributed by atoms with Gasteiger partial charge in [-0.1, -0.05) is 25.5 Å². The van der Waals surface area contributed by atoms with Crippen LogP contribution in [0.1, 0.15) is 32.8 Å². The van der Waals surface area contributed by atoms with E-state index in [0.717, 1.165) is 18.5 Å². The quantitative estimate of drug-likeness (QED) is 0.804. The summed E-state index contributed by atoms with van der Waals surface area (Å²) in [5.41, 5.74) is 2.13. The number of benzene rings is 1. The van der Waals surface area contributed by atoms with Crippen LogP contribution in [-0.2, 0) is 6.42 Å². The van der Waals surface area contributed by atoms with Gasteiger partial charge in [0.1, 0.15) is 0 Å². The second kappa shape index (κ2) is 6.16. The highest BCUT2D eigenvalue weighted by molar-refractivity contribution is 5.89. The third kappa shape index (κ3) is 4.34. The minimum Gasteiger partial charge on any atom is -0.336 e. The fourth-order valence-corrected chi connectivity index (χ4v) is 1.47. The molecule has 2 N–H and O–H groups in total. The van der Waals surface area contributed by atoms with Gasteiger partial charge in [0.15, 0.2) is 0 Å². The number of hydrogen-bond donors (Lipinski definition) is 2. The zero-order valence-electron chi connectivity index (χ0n) is 10.2. The van der Waals surface area contributed by atoms with Crippen molar-refractivity contribution in [3.63, 3.8) is 0 Å². The number of hydrogen-bond acceptors (Lipinski definition) is 1. The SMILES string of the molecule is CCCc1ccc(NC(=O)NC(C)C)cc1. The zero-order valence-corrected chi connectivity index (χ0v) is 10.2. The summed E-state index contributed by atoms with van der Waals surface area (Å²) in [7, 11) is 0. The molecule has 1 aromatic carbocycles. The molecule has 0 aliphatic carbocycles. The van der Waals surface area contributed by atoms with Crippen molar-refractivity contribution in [2.45, 2.75) is 39.7 Å². The molecule has 0 saturated carbocycles. The number of urea groups is 1. The maximum Gasteiger partial charge on any atom is 0.319 e. The van der Waals surface area contributed by atoms with Gasteiger partial charge in [-0.15, -0.1) is 0 Å². The minimum absolute atomic E-state index is 0.152. The van der Waals surface area contributed by atoms with E-state index in [1.807, 2.05) is 26.0 Å². The molecule has 16 heavy (non-hydrogen) atoms. The van der Waals surface area contributed by atoms with E-state index in [1.54, 1.807) is 0 Å². The number of carbonyl (C=O) groups excluding carboxylic acids is 1. The van der Waals surface area contributed by atoms with Crippen LogP contribution in [0.5, 0.6) is 0 Å². The van der Waals surface area contributed by atoms with Crippen LogP contribution in [0.2, 0.25) is 0 Å². The molecule has 0 radical (unpaired) electrons. The Balaban J connectivity index is 2.51.